The van der Waals surface area contributed by atoms with Gasteiger partial charge in [0.15, 0.2) is 5.41 Å². The third-order valence-corrected chi connectivity index (χ3v) is 3.61. The molecule has 0 bridgehead atoms. The number of aromatic nitrogens is 2. The van der Waals surface area contributed by atoms with Crippen LogP contribution in [0.3, 0.4) is 0 Å². The molecule has 0 N–H and O–H groups in total. The summed E-state index contributed by atoms with van der Waals surface area (Å²) >= 11 is 0.989. The van der Waals surface area contributed by atoms with Gasteiger partial charge in [0.05, 0.1) is 26.0 Å². The Bertz CT molecular complexity index is 513. The Morgan fingerprint density at radius 3 is 2.14 bits per heavy atom. The van der Waals surface area contributed by atoms with Crippen LogP contribution in [0.4, 0.5) is 0 Å². The summed E-state index contributed by atoms with van der Waals surface area (Å²) in [6.07, 6.45) is 0. The fourth-order valence-electron chi connectivity index (χ4n) is 1.95. The van der Waals surface area contributed by atoms with Gasteiger partial charge in [0, 0.05) is 5.38 Å². The number of carbonyl (C=O) groups is 3. The Kier molecular flexibility index (Phi) is 6.41. The Balaban J connectivity index is 3.40. The monoisotopic (exact) mass is 330 g/mol. The molecule has 1 unspecified atom stereocenters. The fraction of sp³-hybridized carbons (Fsp3) is 0.615. The highest BCUT2D eigenvalue weighted by molar-refractivity contribution is 7.03. The first-order valence-corrected chi connectivity index (χ1v) is 7.46. The molecular weight excluding hydrogens is 312 g/mol. The van der Waals surface area contributed by atoms with E-state index >= 15 is 0 Å². The summed E-state index contributed by atoms with van der Waals surface area (Å²) in [5, 5.41) is 5.26. The third-order valence-electron chi connectivity index (χ3n) is 3.09. The Morgan fingerprint density at radius 1 is 1.23 bits per heavy atom. The molecule has 0 amide bonds. The zero-order chi connectivity index (χ0) is 16.8. The van der Waals surface area contributed by atoms with Gasteiger partial charge in [-0.15, -0.1) is 5.10 Å². The molecule has 1 aromatic heterocycles. The first kappa shape index (κ1) is 18.0. The van der Waals surface area contributed by atoms with Gasteiger partial charge in [-0.3, -0.25) is 14.4 Å². The fourth-order valence-corrected chi connectivity index (χ4v) is 2.43. The van der Waals surface area contributed by atoms with Crippen molar-refractivity contribution in [3.05, 3.63) is 11.1 Å². The van der Waals surface area contributed by atoms with Crippen LogP contribution in [0.2, 0.25) is 0 Å². The average molecular weight is 330 g/mol. The van der Waals surface area contributed by atoms with E-state index in [1.807, 2.05) is 0 Å². The molecule has 0 radical (unpaired) electrons. The number of rotatable bonds is 7. The van der Waals surface area contributed by atoms with Crippen molar-refractivity contribution >= 4 is 29.4 Å². The molecule has 1 aromatic rings. The number of esters is 3. The van der Waals surface area contributed by atoms with Crippen molar-refractivity contribution < 1.29 is 28.6 Å². The molecule has 9 heteroatoms. The maximum atomic E-state index is 12.4. The number of methoxy groups -OCH3 is 1. The van der Waals surface area contributed by atoms with Crippen LogP contribution in [0.15, 0.2) is 5.38 Å². The Hall–Kier alpha value is -2.03. The summed E-state index contributed by atoms with van der Waals surface area (Å²) in [6.45, 7) is 4.58. The average Bonchev–Trinajstić information content (AvgIpc) is 3.01. The number of ether oxygens (including phenoxy) is 3. The number of carbonyl (C=O) groups excluding carboxylic acids is 3. The van der Waals surface area contributed by atoms with E-state index < -0.39 is 29.2 Å². The summed E-state index contributed by atoms with van der Waals surface area (Å²) in [4.78, 5) is 36.9. The van der Waals surface area contributed by atoms with Gasteiger partial charge in [-0.1, -0.05) is 4.49 Å². The molecule has 0 aromatic carbocycles. The lowest BCUT2D eigenvalue weighted by molar-refractivity contribution is -0.177. The van der Waals surface area contributed by atoms with Crippen LogP contribution in [0, 0.1) is 5.41 Å². The number of nitrogens with zero attached hydrogens (tertiary/aromatic N) is 2. The van der Waals surface area contributed by atoms with Gasteiger partial charge in [0.1, 0.15) is 5.92 Å². The van der Waals surface area contributed by atoms with Crippen molar-refractivity contribution in [2.75, 3.05) is 20.3 Å². The van der Waals surface area contributed by atoms with Crippen molar-refractivity contribution in [3.63, 3.8) is 0 Å². The molecule has 22 heavy (non-hydrogen) atoms. The Labute approximate surface area is 131 Å². The topological polar surface area (TPSA) is 105 Å². The van der Waals surface area contributed by atoms with E-state index in [0.29, 0.717) is 0 Å². The van der Waals surface area contributed by atoms with Crippen LogP contribution in [0.1, 0.15) is 32.4 Å². The van der Waals surface area contributed by atoms with E-state index in [-0.39, 0.29) is 18.9 Å². The van der Waals surface area contributed by atoms with Gasteiger partial charge in [-0.05, 0) is 32.3 Å². The van der Waals surface area contributed by atoms with Gasteiger partial charge >= 0.3 is 17.9 Å². The minimum Gasteiger partial charge on any atom is -0.468 e. The van der Waals surface area contributed by atoms with Gasteiger partial charge in [0.2, 0.25) is 0 Å². The second-order valence-corrected chi connectivity index (χ2v) is 5.04. The molecule has 1 rings (SSSR count). The maximum absolute atomic E-state index is 12.4. The van der Waals surface area contributed by atoms with Crippen LogP contribution in [0.25, 0.3) is 0 Å². The van der Waals surface area contributed by atoms with Crippen LogP contribution in [-0.2, 0) is 28.6 Å². The van der Waals surface area contributed by atoms with Gasteiger partial charge < -0.3 is 14.2 Å². The minimum atomic E-state index is -1.91. The van der Waals surface area contributed by atoms with E-state index in [2.05, 4.69) is 9.59 Å². The Morgan fingerprint density at radius 2 is 1.77 bits per heavy atom. The SMILES string of the molecule is CCOC(=O)C(C)(C(=O)OCC)C(C(=O)OC)c1csnn1. The van der Waals surface area contributed by atoms with Crippen molar-refractivity contribution in [1.29, 1.82) is 0 Å². The van der Waals surface area contributed by atoms with Crippen LogP contribution in [0.5, 0.6) is 0 Å². The largest absolute Gasteiger partial charge is 0.468 e. The van der Waals surface area contributed by atoms with Gasteiger partial charge in [-0.2, -0.15) is 0 Å². The predicted octanol–water partition coefficient (Wildman–Crippen LogP) is 0.927. The zero-order valence-electron chi connectivity index (χ0n) is 12.8. The summed E-state index contributed by atoms with van der Waals surface area (Å²) in [5.41, 5.74) is -1.75. The highest BCUT2D eigenvalue weighted by Gasteiger charge is 2.56. The summed E-state index contributed by atoms with van der Waals surface area (Å²) in [7, 11) is 1.16. The summed E-state index contributed by atoms with van der Waals surface area (Å²) in [5.74, 6) is -3.85. The molecule has 0 aliphatic heterocycles. The molecule has 0 fully saturated rings. The summed E-state index contributed by atoms with van der Waals surface area (Å²) in [6, 6.07) is 0. The number of hydrogen-bond acceptors (Lipinski definition) is 9. The maximum Gasteiger partial charge on any atom is 0.324 e. The van der Waals surface area contributed by atoms with Crippen LogP contribution < -0.4 is 0 Å². The highest BCUT2D eigenvalue weighted by Crippen LogP contribution is 2.39. The van der Waals surface area contributed by atoms with Crippen LogP contribution in [-0.4, -0.2) is 47.8 Å². The quantitative estimate of drug-likeness (QED) is 0.413. The van der Waals surface area contributed by atoms with Crippen molar-refractivity contribution in [1.82, 2.24) is 9.59 Å². The van der Waals surface area contributed by atoms with E-state index in [1.54, 1.807) is 13.8 Å². The first-order valence-electron chi connectivity index (χ1n) is 6.62. The zero-order valence-corrected chi connectivity index (χ0v) is 13.6. The second-order valence-electron chi connectivity index (χ2n) is 4.43. The van der Waals surface area contributed by atoms with Gasteiger partial charge in [0.25, 0.3) is 0 Å². The van der Waals surface area contributed by atoms with E-state index in [4.69, 9.17) is 14.2 Å². The highest BCUT2D eigenvalue weighted by atomic mass is 32.1. The minimum absolute atomic E-state index is 0.0526. The first-order chi connectivity index (χ1) is 10.4. The van der Waals surface area contributed by atoms with Crippen molar-refractivity contribution in [2.45, 2.75) is 26.7 Å². The summed E-state index contributed by atoms with van der Waals surface area (Å²) < 4.78 is 18.3. The molecule has 0 saturated heterocycles. The van der Waals surface area contributed by atoms with Gasteiger partial charge in [-0.25, -0.2) is 0 Å². The van der Waals surface area contributed by atoms with E-state index in [0.717, 1.165) is 18.6 Å². The molecular formula is C13H18N2O6S. The lowest BCUT2D eigenvalue weighted by Crippen LogP contribution is -2.47. The second kappa shape index (κ2) is 7.83. The normalized spacial score (nSPS) is 12.4. The molecule has 122 valence electrons. The molecule has 8 nitrogen and oxygen atoms in total. The lowest BCUT2D eigenvalue weighted by Gasteiger charge is -2.30. The molecule has 0 spiro atoms. The predicted molar refractivity (Wildman–Crippen MR) is 76.0 cm³/mol. The number of hydrogen-bond donors (Lipinski definition) is 0. The molecule has 0 aliphatic rings. The van der Waals surface area contributed by atoms with E-state index in [9.17, 15) is 14.4 Å². The third kappa shape index (κ3) is 3.41. The van der Waals surface area contributed by atoms with Crippen LogP contribution >= 0.6 is 11.5 Å². The van der Waals surface area contributed by atoms with Crippen molar-refractivity contribution in [3.8, 4) is 0 Å². The molecule has 0 aliphatic carbocycles. The smallest absolute Gasteiger partial charge is 0.324 e. The van der Waals surface area contributed by atoms with Crippen molar-refractivity contribution in [2.24, 2.45) is 5.41 Å². The standard InChI is InChI=1S/C13H18N2O6S/c1-5-20-11(17)13(3,12(18)21-6-2)9(10(16)19-4)8-7-22-15-14-8/h7,9H,5-6H2,1-4H3. The molecule has 1 atom stereocenters. The lowest BCUT2D eigenvalue weighted by atomic mass is 9.75. The van der Waals surface area contributed by atoms with E-state index in [1.165, 1.54) is 12.3 Å². The molecule has 0 saturated carbocycles. The molecule has 1 heterocycles.